The zero-order chi connectivity index (χ0) is 6.41. The second-order valence-electron chi connectivity index (χ2n) is 1.65. The molecule has 8 heavy (non-hydrogen) atoms. The molecule has 0 aliphatic rings. The number of nitrogens with two attached hydrogens (primary N) is 1. The molecule has 3 heteroatoms. The maximum Gasteiger partial charge on any atom is 0.102 e. The first-order chi connectivity index (χ1) is 3.81. The van der Waals surface area contributed by atoms with E-state index >= 15 is 0 Å². The molecular formula is C5H11BrFN. The molecule has 50 valence electrons. The van der Waals surface area contributed by atoms with Gasteiger partial charge in [0.25, 0.3) is 0 Å². The van der Waals surface area contributed by atoms with E-state index in [4.69, 9.17) is 5.73 Å². The summed E-state index contributed by atoms with van der Waals surface area (Å²) >= 11 is 3.14. The fourth-order valence-corrected chi connectivity index (χ4v) is 0.940. The summed E-state index contributed by atoms with van der Waals surface area (Å²) in [6, 6.07) is 0. The van der Waals surface area contributed by atoms with Crippen molar-refractivity contribution in [3.8, 4) is 0 Å². The van der Waals surface area contributed by atoms with Gasteiger partial charge in [-0.15, -0.1) is 0 Å². The molecule has 0 bridgehead atoms. The highest BCUT2D eigenvalue weighted by atomic mass is 79.9. The quantitative estimate of drug-likeness (QED) is 0.657. The Balaban J connectivity index is 2.92. The van der Waals surface area contributed by atoms with Crippen LogP contribution in [0.4, 0.5) is 4.39 Å². The zero-order valence-corrected chi connectivity index (χ0v) is 6.33. The third kappa shape index (κ3) is 4.53. The van der Waals surface area contributed by atoms with Gasteiger partial charge in [-0.25, -0.2) is 4.39 Å². The van der Waals surface area contributed by atoms with Gasteiger partial charge in [0.2, 0.25) is 0 Å². The van der Waals surface area contributed by atoms with E-state index < -0.39 is 6.17 Å². The number of alkyl halides is 2. The van der Waals surface area contributed by atoms with Crippen LogP contribution in [0.15, 0.2) is 0 Å². The summed E-state index contributed by atoms with van der Waals surface area (Å²) in [5.41, 5.74) is 5.10. The van der Waals surface area contributed by atoms with Gasteiger partial charge >= 0.3 is 0 Å². The molecule has 0 aromatic carbocycles. The Morgan fingerprint density at radius 3 is 2.50 bits per heavy atom. The summed E-state index contributed by atoms with van der Waals surface area (Å²) in [5, 5.41) is 0.730. The summed E-state index contributed by atoms with van der Waals surface area (Å²) in [5.74, 6) is 0. The Kier molecular flexibility index (Phi) is 5.76. The fourth-order valence-electron chi connectivity index (χ4n) is 0.444. The van der Waals surface area contributed by atoms with Gasteiger partial charge in [0.05, 0.1) is 0 Å². The van der Waals surface area contributed by atoms with Crippen LogP contribution in [0.25, 0.3) is 0 Å². The zero-order valence-electron chi connectivity index (χ0n) is 4.74. The normalized spacial score (nSPS) is 13.9. The highest BCUT2D eigenvalue weighted by Gasteiger charge is 2.01. The molecule has 0 heterocycles. The third-order valence-corrected chi connectivity index (χ3v) is 1.36. The average Bonchev–Trinajstić information content (AvgIpc) is 1.68. The van der Waals surface area contributed by atoms with Gasteiger partial charge in [0.1, 0.15) is 6.17 Å². The maximum atomic E-state index is 12.3. The van der Waals surface area contributed by atoms with Crippen molar-refractivity contribution in [3.63, 3.8) is 0 Å². The average molecular weight is 184 g/mol. The molecule has 1 nitrogen and oxygen atoms in total. The summed E-state index contributed by atoms with van der Waals surface area (Å²) in [6.45, 7) is 0.453. The molecule has 0 rings (SSSR count). The largest absolute Gasteiger partial charge is 0.330 e. The van der Waals surface area contributed by atoms with Crippen molar-refractivity contribution in [2.45, 2.75) is 19.0 Å². The molecule has 0 fully saturated rings. The van der Waals surface area contributed by atoms with Crippen LogP contribution < -0.4 is 5.73 Å². The molecule has 0 aromatic rings. The molecule has 0 saturated heterocycles. The van der Waals surface area contributed by atoms with Gasteiger partial charge < -0.3 is 5.73 Å². The van der Waals surface area contributed by atoms with E-state index in [0.717, 1.165) is 5.33 Å². The van der Waals surface area contributed by atoms with Crippen LogP contribution in [-0.2, 0) is 0 Å². The molecular weight excluding hydrogens is 173 g/mol. The van der Waals surface area contributed by atoms with Crippen LogP contribution in [0.2, 0.25) is 0 Å². The second kappa shape index (κ2) is 5.51. The molecule has 0 radical (unpaired) electrons. The van der Waals surface area contributed by atoms with E-state index in [0.29, 0.717) is 19.4 Å². The van der Waals surface area contributed by atoms with E-state index in [9.17, 15) is 4.39 Å². The van der Waals surface area contributed by atoms with Gasteiger partial charge in [-0.3, -0.25) is 0 Å². The summed E-state index contributed by atoms with van der Waals surface area (Å²) < 4.78 is 12.3. The Morgan fingerprint density at radius 1 is 1.50 bits per heavy atom. The molecule has 0 spiro atoms. The molecule has 0 amide bonds. The van der Waals surface area contributed by atoms with Gasteiger partial charge in [-0.2, -0.15) is 0 Å². The number of rotatable bonds is 4. The standard InChI is InChI=1S/C5H11BrFN/c6-3-1-5(7)2-4-8/h5H,1-4,8H2. The lowest BCUT2D eigenvalue weighted by Gasteiger charge is -2.00. The molecule has 0 aliphatic heterocycles. The molecule has 2 N–H and O–H groups in total. The first-order valence-corrected chi connectivity index (χ1v) is 3.83. The SMILES string of the molecule is NCCC(F)CCBr. The number of hydrogen-bond acceptors (Lipinski definition) is 1. The minimum absolute atomic E-state index is 0.453. The van der Waals surface area contributed by atoms with Gasteiger partial charge in [0.15, 0.2) is 0 Å². The van der Waals surface area contributed by atoms with Gasteiger partial charge in [-0.1, -0.05) is 15.9 Å². The lowest BCUT2D eigenvalue weighted by molar-refractivity contribution is 0.312. The lowest BCUT2D eigenvalue weighted by Crippen LogP contribution is -2.09. The van der Waals surface area contributed by atoms with Crippen molar-refractivity contribution in [1.29, 1.82) is 0 Å². The topological polar surface area (TPSA) is 26.0 Å². The van der Waals surface area contributed by atoms with Crippen molar-refractivity contribution < 1.29 is 4.39 Å². The molecule has 1 unspecified atom stereocenters. The molecule has 0 saturated carbocycles. The predicted molar refractivity (Wildman–Crippen MR) is 37.0 cm³/mol. The van der Waals surface area contributed by atoms with Crippen LogP contribution in [0, 0.1) is 0 Å². The smallest absolute Gasteiger partial charge is 0.102 e. The van der Waals surface area contributed by atoms with Crippen LogP contribution >= 0.6 is 15.9 Å². The Labute approximate surface area is 57.6 Å². The minimum atomic E-state index is -0.709. The molecule has 0 aromatic heterocycles. The highest BCUT2D eigenvalue weighted by molar-refractivity contribution is 9.09. The summed E-state index contributed by atoms with van der Waals surface area (Å²) in [4.78, 5) is 0. The van der Waals surface area contributed by atoms with E-state index in [1.807, 2.05) is 0 Å². The first-order valence-electron chi connectivity index (χ1n) is 2.71. The minimum Gasteiger partial charge on any atom is -0.330 e. The monoisotopic (exact) mass is 183 g/mol. The highest BCUT2D eigenvalue weighted by Crippen LogP contribution is 2.03. The van der Waals surface area contributed by atoms with E-state index in [-0.39, 0.29) is 0 Å². The van der Waals surface area contributed by atoms with Crippen molar-refractivity contribution in [2.24, 2.45) is 5.73 Å². The lowest BCUT2D eigenvalue weighted by atomic mass is 10.2. The Bertz CT molecular complexity index is 45.7. The summed E-state index contributed by atoms with van der Waals surface area (Å²) in [6.07, 6.45) is 0.363. The van der Waals surface area contributed by atoms with Crippen molar-refractivity contribution in [2.75, 3.05) is 11.9 Å². The molecule has 1 atom stereocenters. The van der Waals surface area contributed by atoms with Crippen LogP contribution in [-0.4, -0.2) is 18.0 Å². The van der Waals surface area contributed by atoms with Crippen LogP contribution in [0.5, 0.6) is 0 Å². The number of halogens is 2. The van der Waals surface area contributed by atoms with Crippen LogP contribution in [0.1, 0.15) is 12.8 Å². The predicted octanol–water partition coefficient (Wildman–Crippen LogP) is 1.46. The van der Waals surface area contributed by atoms with Gasteiger partial charge in [-0.05, 0) is 19.4 Å². The van der Waals surface area contributed by atoms with Crippen LogP contribution in [0.3, 0.4) is 0 Å². The Morgan fingerprint density at radius 2 is 2.12 bits per heavy atom. The van der Waals surface area contributed by atoms with E-state index in [1.54, 1.807) is 0 Å². The van der Waals surface area contributed by atoms with E-state index in [2.05, 4.69) is 15.9 Å². The van der Waals surface area contributed by atoms with Gasteiger partial charge in [0, 0.05) is 5.33 Å². The number of hydrogen-bond donors (Lipinski definition) is 1. The third-order valence-electron chi connectivity index (χ3n) is 0.902. The van der Waals surface area contributed by atoms with Crippen molar-refractivity contribution in [3.05, 3.63) is 0 Å². The Hall–Kier alpha value is 0.370. The second-order valence-corrected chi connectivity index (χ2v) is 2.45. The first kappa shape index (κ1) is 8.37. The molecule has 0 aliphatic carbocycles. The van der Waals surface area contributed by atoms with E-state index in [1.165, 1.54) is 0 Å². The fraction of sp³-hybridized carbons (Fsp3) is 1.00. The van der Waals surface area contributed by atoms with Crippen molar-refractivity contribution >= 4 is 15.9 Å². The maximum absolute atomic E-state index is 12.3. The van der Waals surface area contributed by atoms with Crippen molar-refractivity contribution in [1.82, 2.24) is 0 Å². The summed E-state index contributed by atoms with van der Waals surface area (Å²) in [7, 11) is 0.